The van der Waals surface area contributed by atoms with Crippen LogP contribution in [0.3, 0.4) is 0 Å². The van der Waals surface area contributed by atoms with E-state index in [1.54, 1.807) is 6.26 Å². The third-order valence-corrected chi connectivity index (χ3v) is 3.24. The quantitative estimate of drug-likeness (QED) is 0.626. The van der Waals surface area contributed by atoms with Crippen LogP contribution in [0.25, 0.3) is 0 Å². The summed E-state index contributed by atoms with van der Waals surface area (Å²) in [6.07, 6.45) is 3.15. The summed E-state index contributed by atoms with van der Waals surface area (Å²) in [6, 6.07) is 4.11. The van der Waals surface area contributed by atoms with Crippen molar-refractivity contribution in [2.75, 3.05) is 19.6 Å². The lowest BCUT2D eigenvalue weighted by Crippen LogP contribution is -2.21. The molecule has 0 radical (unpaired) electrons. The first-order valence-electron chi connectivity index (χ1n) is 4.69. The van der Waals surface area contributed by atoms with E-state index in [0.29, 0.717) is 5.92 Å². The Morgan fingerprint density at radius 3 is 3.00 bits per heavy atom. The molecular weight excluding hydrogens is 150 g/mol. The SMILES string of the molecule is c1coc(C2CN3CCC2C3)c1. The van der Waals surface area contributed by atoms with Crippen molar-refractivity contribution in [3.05, 3.63) is 24.2 Å². The van der Waals surface area contributed by atoms with E-state index in [1.165, 1.54) is 31.8 Å². The van der Waals surface area contributed by atoms with Crippen molar-refractivity contribution >= 4 is 0 Å². The highest BCUT2D eigenvalue weighted by molar-refractivity contribution is 5.12. The van der Waals surface area contributed by atoms with Crippen molar-refractivity contribution in [1.82, 2.24) is 4.90 Å². The molecule has 0 amide bonds. The Labute approximate surface area is 72.2 Å². The summed E-state index contributed by atoms with van der Waals surface area (Å²) in [6.45, 7) is 3.82. The lowest BCUT2D eigenvalue weighted by Gasteiger charge is -2.19. The van der Waals surface area contributed by atoms with Crippen LogP contribution < -0.4 is 0 Å². The van der Waals surface area contributed by atoms with E-state index in [9.17, 15) is 0 Å². The van der Waals surface area contributed by atoms with E-state index in [2.05, 4.69) is 11.0 Å². The van der Waals surface area contributed by atoms with Gasteiger partial charge in [0.1, 0.15) is 5.76 Å². The van der Waals surface area contributed by atoms with Crippen molar-refractivity contribution in [1.29, 1.82) is 0 Å². The molecule has 0 saturated carbocycles. The zero-order chi connectivity index (χ0) is 7.97. The second-order valence-corrected chi connectivity index (χ2v) is 3.93. The van der Waals surface area contributed by atoms with Gasteiger partial charge in [0, 0.05) is 19.0 Å². The molecule has 2 heteroatoms. The van der Waals surface area contributed by atoms with Crippen LogP contribution >= 0.6 is 0 Å². The molecular formula is C10H13NO. The topological polar surface area (TPSA) is 16.4 Å². The van der Waals surface area contributed by atoms with Crippen molar-refractivity contribution in [2.45, 2.75) is 12.3 Å². The highest BCUT2D eigenvalue weighted by Gasteiger charge is 2.39. The fraction of sp³-hybridized carbons (Fsp3) is 0.600. The lowest BCUT2D eigenvalue weighted by molar-refractivity contribution is 0.321. The smallest absolute Gasteiger partial charge is 0.108 e. The first-order chi connectivity index (χ1) is 5.93. The van der Waals surface area contributed by atoms with E-state index in [1.807, 2.05) is 6.07 Å². The molecule has 12 heavy (non-hydrogen) atoms. The number of piperidine rings is 1. The molecule has 0 spiro atoms. The summed E-state index contributed by atoms with van der Waals surface area (Å²) in [5, 5.41) is 0. The zero-order valence-electron chi connectivity index (χ0n) is 7.07. The minimum Gasteiger partial charge on any atom is -0.469 e. The van der Waals surface area contributed by atoms with Gasteiger partial charge in [0.15, 0.2) is 0 Å². The summed E-state index contributed by atoms with van der Waals surface area (Å²) in [5.74, 6) is 2.76. The van der Waals surface area contributed by atoms with E-state index in [-0.39, 0.29) is 0 Å². The Hall–Kier alpha value is -0.760. The van der Waals surface area contributed by atoms with Crippen molar-refractivity contribution < 1.29 is 4.42 Å². The Balaban J connectivity index is 1.87. The summed E-state index contributed by atoms with van der Waals surface area (Å²) >= 11 is 0. The number of rotatable bonds is 1. The molecule has 0 aliphatic carbocycles. The fourth-order valence-electron chi connectivity index (χ4n) is 2.61. The summed E-state index contributed by atoms with van der Waals surface area (Å²) in [5.41, 5.74) is 0. The average molecular weight is 163 g/mol. The highest BCUT2D eigenvalue weighted by atomic mass is 16.3. The third kappa shape index (κ3) is 0.845. The first kappa shape index (κ1) is 6.72. The first-order valence-corrected chi connectivity index (χ1v) is 4.69. The lowest BCUT2D eigenvalue weighted by atomic mass is 9.91. The molecule has 2 saturated heterocycles. The summed E-state index contributed by atoms with van der Waals surface area (Å²) in [4.78, 5) is 2.54. The number of hydrogen-bond donors (Lipinski definition) is 0. The van der Waals surface area contributed by atoms with E-state index in [4.69, 9.17) is 4.42 Å². The van der Waals surface area contributed by atoms with Gasteiger partial charge >= 0.3 is 0 Å². The van der Waals surface area contributed by atoms with Crippen LogP contribution in [-0.2, 0) is 0 Å². The normalized spacial score (nSPS) is 39.2. The Kier molecular flexibility index (Phi) is 1.32. The molecule has 2 fully saturated rings. The number of furan rings is 1. The predicted molar refractivity (Wildman–Crippen MR) is 46.0 cm³/mol. The highest BCUT2D eigenvalue weighted by Crippen LogP contribution is 2.39. The Morgan fingerprint density at radius 1 is 1.42 bits per heavy atom. The van der Waals surface area contributed by atoms with E-state index in [0.717, 1.165) is 5.92 Å². The number of hydrogen-bond acceptors (Lipinski definition) is 2. The minimum absolute atomic E-state index is 0.689. The van der Waals surface area contributed by atoms with Crippen molar-refractivity contribution in [3.8, 4) is 0 Å². The molecule has 64 valence electrons. The maximum Gasteiger partial charge on any atom is 0.108 e. The summed E-state index contributed by atoms with van der Waals surface area (Å²) < 4.78 is 5.44. The Bertz CT molecular complexity index is 267. The predicted octanol–water partition coefficient (Wildman–Crippen LogP) is 1.70. The molecule has 3 rings (SSSR count). The van der Waals surface area contributed by atoms with Crippen molar-refractivity contribution in [3.63, 3.8) is 0 Å². The molecule has 2 nitrogen and oxygen atoms in total. The molecule has 2 aliphatic rings. The molecule has 3 heterocycles. The minimum atomic E-state index is 0.689. The maximum absolute atomic E-state index is 5.44. The van der Waals surface area contributed by atoms with Crippen LogP contribution in [-0.4, -0.2) is 24.5 Å². The standard InChI is InChI=1S/C10H13NO/c1-2-10(12-5-1)9-7-11-4-3-8(9)6-11/h1-2,5,8-9H,3-4,6-7H2. The molecule has 3 atom stereocenters. The second-order valence-electron chi connectivity index (χ2n) is 3.93. The third-order valence-electron chi connectivity index (χ3n) is 3.24. The van der Waals surface area contributed by atoms with E-state index >= 15 is 0 Å². The van der Waals surface area contributed by atoms with Crippen LogP contribution in [0, 0.1) is 5.92 Å². The van der Waals surface area contributed by atoms with Crippen LogP contribution in [0.2, 0.25) is 0 Å². The van der Waals surface area contributed by atoms with Gasteiger partial charge in [-0.25, -0.2) is 0 Å². The van der Waals surface area contributed by atoms with Gasteiger partial charge in [-0.15, -0.1) is 0 Å². The van der Waals surface area contributed by atoms with Crippen LogP contribution in [0.1, 0.15) is 18.1 Å². The van der Waals surface area contributed by atoms with Crippen LogP contribution in [0.15, 0.2) is 22.8 Å². The molecule has 1 aromatic rings. The van der Waals surface area contributed by atoms with Gasteiger partial charge in [-0.1, -0.05) is 0 Å². The monoisotopic (exact) mass is 163 g/mol. The van der Waals surface area contributed by atoms with Gasteiger partial charge in [-0.05, 0) is 31.0 Å². The van der Waals surface area contributed by atoms with Gasteiger partial charge in [-0.3, -0.25) is 0 Å². The Morgan fingerprint density at radius 2 is 2.42 bits per heavy atom. The molecule has 2 aliphatic heterocycles. The van der Waals surface area contributed by atoms with E-state index < -0.39 is 0 Å². The average Bonchev–Trinajstić information content (AvgIpc) is 2.81. The largest absolute Gasteiger partial charge is 0.469 e. The van der Waals surface area contributed by atoms with Crippen LogP contribution in [0.4, 0.5) is 0 Å². The van der Waals surface area contributed by atoms with Gasteiger partial charge in [0.25, 0.3) is 0 Å². The molecule has 0 N–H and O–H groups in total. The number of fused-ring (bicyclic) bond motifs is 2. The molecule has 2 bridgehead atoms. The van der Waals surface area contributed by atoms with Crippen molar-refractivity contribution in [2.24, 2.45) is 5.92 Å². The fourth-order valence-corrected chi connectivity index (χ4v) is 2.61. The molecule has 0 aromatic carbocycles. The maximum atomic E-state index is 5.44. The van der Waals surface area contributed by atoms with Gasteiger partial charge in [-0.2, -0.15) is 0 Å². The van der Waals surface area contributed by atoms with Crippen LogP contribution in [0.5, 0.6) is 0 Å². The zero-order valence-corrected chi connectivity index (χ0v) is 7.07. The summed E-state index contributed by atoms with van der Waals surface area (Å²) in [7, 11) is 0. The molecule has 1 aromatic heterocycles. The second kappa shape index (κ2) is 2.36. The number of nitrogens with zero attached hydrogens (tertiary/aromatic N) is 1. The molecule has 3 unspecified atom stereocenters. The van der Waals surface area contributed by atoms with Gasteiger partial charge in [0.2, 0.25) is 0 Å². The van der Waals surface area contributed by atoms with Gasteiger partial charge in [0.05, 0.1) is 6.26 Å². The van der Waals surface area contributed by atoms with Gasteiger partial charge < -0.3 is 9.32 Å².